The molecule has 1 atom stereocenters. The van der Waals surface area contributed by atoms with Gasteiger partial charge in [0.2, 0.25) is 0 Å². The van der Waals surface area contributed by atoms with Gasteiger partial charge in [0.25, 0.3) is 0 Å². The first-order chi connectivity index (χ1) is 9.65. The molecule has 0 bridgehead atoms. The number of rotatable bonds is 3. The molecule has 1 fully saturated rings. The fourth-order valence-electron chi connectivity index (χ4n) is 2.80. The molecule has 1 aromatic heterocycles. The number of hydrogen-bond donors (Lipinski definition) is 0. The summed E-state index contributed by atoms with van der Waals surface area (Å²) in [5.74, 6) is 0.490. The van der Waals surface area contributed by atoms with Crippen molar-refractivity contribution in [1.29, 1.82) is 0 Å². The third-order valence-electron chi connectivity index (χ3n) is 3.86. The Hall–Kier alpha value is -0.930. The zero-order valence-electron chi connectivity index (χ0n) is 11.4. The largest absolute Gasteiger partial charge is 0.242 e. The van der Waals surface area contributed by atoms with E-state index in [1.54, 1.807) is 6.92 Å². The number of aromatic nitrogens is 1. The van der Waals surface area contributed by atoms with Gasteiger partial charge in [0.05, 0.1) is 10.6 Å². The predicted molar refractivity (Wildman–Crippen MR) is 83.3 cm³/mol. The van der Waals surface area contributed by atoms with Crippen molar-refractivity contribution >= 4 is 22.9 Å². The van der Waals surface area contributed by atoms with E-state index in [2.05, 4.69) is 4.98 Å². The van der Waals surface area contributed by atoms with Gasteiger partial charge in [-0.15, -0.1) is 11.3 Å². The molecule has 106 valence electrons. The molecule has 0 saturated heterocycles. The third-order valence-corrected chi connectivity index (χ3v) is 5.38. The minimum Gasteiger partial charge on any atom is -0.242 e. The van der Waals surface area contributed by atoms with Gasteiger partial charge in [-0.1, -0.05) is 36.6 Å². The summed E-state index contributed by atoms with van der Waals surface area (Å²) in [5.41, 5.74) is 2.19. The van der Waals surface area contributed by atoms with Crippen molar-refractivity contribution < 1.29 is 4.39 Å². The molecule has 0 amide bonds. The Morgan fingerprint density at radius 3 is 2.50 bits per heavy atom. The Labute approximate surface area is 127 Å². The second kappa shape index (κ2) is 5.82. The summed E-state index contributed by atoms with van der Waals surface area (Å²) < 4.78 is 13.6. The van der Waals surface area contributed by atoms with Crippen LogP contribution < -0.4 is 0 Å². The number of alkyl halides is 1. The predicted octanol–water partition coefficient (Wildman–Crippen LogP) is 6.15. The van der Waals surface area contributed by atoms with Crippen molar-refractivity contribution in [3.8, 4) is 10.4 Å². The first kappa shape index (κ1) is 14.0. The normalized spacial score (nSPS) is 17.6. The van der Waals surface area contributed by atoms with Gasteiger partial charge < -0.3 is 0 Å². The Morgan fingerprint density at radius 1 is 1.25 bits per heavy atom. The summed E-state index contributed by atoms with van der Waals surface area (Å²) in [6, 6.07) is 7.77. The van der Waals surface area contributed by atoms with Crippen LogP contribution in [0.2, 0.25) is 5.02 Å². The summed E-state index contributed by atoms with van der Waals surface area (Å²) in [6.45, 7) is 1.56. The first-order valence-corrected chi connectivity index (χ1v) is 8.25. The van der Waals surface area contributed by atoms with Gasteiger partial charge in [-0.25, -0.2) is 9.37 Å². The summed E-state index contributed by atoms with van der Waals surface area (Å²) in [5, 5.41) is 1.32. The van der Waals surface area contributed by atoms with Crippen LogP contribution in [0.25, 0.3) is 10.4 Å². The van der Waals surface area contributed by atoms with E-state index in [-0.39, 0.29) is 0 Å². The summed E-state index contributed by atoms with van der Waals surface area (Å²) >= 11 is 7.43. The maximum atomic E-state index is 13.6. The van der Waals surface area contributed by atoms with E-state index in [0.717, 1.165) is 21.2 Å². The Kier molecular flexibility index (Phi) is 4.08. The van der Waals surface area contributed by atoms with Gasteiger partial charge in [0, 0.05) is 10.9 Å². The minimum absolute atomic E-state index is 0.490. The van der Waals surface area contributed by atoms with Gasteiger partial charge in [-0.05, 0) is 37.5 Å². The third kappa shape index (κ3) is 2.75. The highest BCUT2D eigenvalue weighted by atomic mass is 35.5. The van der Waals surface area contributed by atoms with E-state index in [1.807, 2.05) is 24.3 Å². The standard InChI is InChI=1S/C16H17ClFNS/c1-10(18)16-19-14(11-4-2-3-5-11)15(20-16)12-6-8-13(17)9-7-12/h6-11H,2-5H2,1H3/t10-/m0/s1. The smallest absolute Gasteiger partial charge is 0.149 e. The average molecular weight is 310 g/mol. The quantitative estimate of drug-likeness (QED) is 0.662. The molecule has 0 spiro atoms. The fraction of sp³-hybridized carbons (Fsp3) is 0.438. The van der Waals surface area contributed by atoms with Crippen molar-refractivity contribution in [3.63, 3.8) is 0 Å². The monoisotopic (exact) mass is 309 g/mol. The molecule has 1 aromatic carbocycles. The van der Waals surface area contributed by atoms with Crippen molar-refractivity contribution in [2.24, 2.45) is 0 Å². The molecule has 1 nitrogen and oxygen atoms in total. The molecular weight excluding hydrogens is 293 g/mol. The highest BCUT2D eigenvalue weighted by molar-refractivity contribution is 7.15. The van der Waals surface area contributed by atoms with Gasteiger partial charge in [0.15, 0.2) is 0 Å². The minimum atomic E-state index is -0.999. The summed E-state index contributed by atoms with van der Waals surface area (Å²) in [4.78, 5) is 5.72. The highest BCUT2D eigenvalue weighted by Gasteiger charge is 2.25. The molecule has 2 aromatic rings. The number of halogens is 2. The highest BCUT2D eigenvalue weighted by Crippen LogP contribution is 2.43. The van der Waals surface area contributed by atoms with E-state index in [9.17, 15) is 4.39 Å². The van der Waals surface area contributed by atoms with Crippen molar-refractivity contribution in [3.05, 3.63) is 40.0 Å². The molecule has 0 radical (unpaired) electrons. The van der Waals surface area contributed by atoms with E-state index in [1.165, 1.54) is 37.0 Å². The SMILES string of the molecule is C[C@H](F)c1nc(C2CCCC2)c(-c2ccc(Cl)cc2)s1. The van der Waals surface area contributed by atoms with Crippen LogP contribution in [0.5, 0.6) is 0 Å². The summed E-state index contributed by atoms with van der Waals surface area (Å²) in [6.07, 6.45) is 3.85. The Morgan fingerprint density at radius 2 is 1.90 bits per heavy atom. The fourth-order valence-corrected chi connectivity index (χ4v) is 4.02. The number of benzene rings is 1. The molecule has 1 aliphatic rings. The maximum Gasteiger partial charge on any atom is 0.149 e. The van der Waals surface area contributed by atoms with Gasteiger partial charge in [-0.2, -0.15) is 0 Å². The van der Waals surface area contributed by atoms with Crippen LogP contribution in [0, 0.1) is 0 Å². The molecule has 1 aliphatic carbocycles. The molecule has 0 N–H and O–H groups in total. The first-order valence-electron chi connectivity index (χ1n) is 7.06. The van der Waals surface area contributed by atoms with Crippen molar-refractivity contribution in [1.82, 2.24) is 4.98 Å². The molecule has 20 heavy (non-hydrogen) atoms. The van der Waals surface area contributed by atoms with E-state index < -0.39 is 6.17 Å². The van der Waals surface area contributed by atoms with Crippen LogP contribution in [-0.4, -0.2) is 4.98 Å². The van der Waals surface area contributed by atoms with Crippen LogP contribution in [0.15, 0.2) is 24.3 Å². The van der Waals surface area contributed by atoms with E-state index in [0.29, 0.717) is 10.9 Å². The van der Waals surface area contributed by atoms with Crippen LogP contribution in [0.4, 0.5) is 4.39 Å². The van der Waals surface area contributed by atoms with Crippen LogP contribution >= 0.6 is 22.9 Å². The van der Waals surface area contributed by atoms with E-state index in [4.69, 9.17) is 11.6 Å². The molecule has 1 heterocycles. The Bertz CT molecular complexity index is 585. The number of hydrogen-bond acceptors (Lipinski definition) is 2. The zero-order chi connectivity index (χ0) is 14.1. The molecule has 4 heteroatoms. The number of nitrogens with zero attached hydrogens (tertiary/aromatic N) is 1. The molecule has 1 saturated carbocycles. The lowest BCUT2D eigenvalue weighted by Gasteiger charge is -2.09. The van der Waals surface area contributed by atoms with Crippen LogP contribution in [0.3, 0.4) is 0 Å². The molecule has 3 rings (SSSR count). The maximum absolute atomic E-state index is 13.6. The topological polar surface area (TPSA) is 12.9 Å². The lowest BCUT2D eigenvalue weighted by atomic mass is 10.0. The lowest BCUT2D eigenvalue weighted by Crippen LogP contribution is -1.96. The zero-order valence-corrected chi connectivity index (χ0v) is 13.0. The molecule has 0 unspecified atom stereocenters. The molecule has 0 aliphatic heterocycles. The van der Waals surface area contributed by atoms with Gasteiger partial charge in [-0.3, -0.25) is 0 Å². The molecular formula is C16H17ClFNS. The second-order valence-corrected chi connectivity index (χ2v) is 6.84. The number of thiazole rings is 1. The van der Waals surface area contributed by atoms with Gasteiger partial charge in [0.1, 0.15) is 11.2 Å². The lowest BCUT2D eigenvalue weighted by molar-refractivity contribution is 0.372. The van der Waals surface area contributed by atoms with Crippen molar-refractivity contribution in [2.45, 2.75) is 44.7 Å². The van der Waals surface area contributed by atoms with Gasteiger partial charge >= 0.3 is 0 Å². The second-order valence-electron chi connectivity index (χ2n) is 5.37. The average Bonchev–Trinajstić information content (AvgIpc) is 3.08. The van der Waals surface area contributed by atoms with E-state index >= 15 is 0 Å². The van der Waals surface area contributed by atoms with Crippen LogP contribution in [0.1, 0.15) is 55.4 Å². The van der Waals surface area contributed by atoms with Crippen LogP contribution in [-0.2, 0) is 0 Å². The Balaban J connectivity index is 2.05. The van der Waals surface area contributed by atoms with Crippen molar-refractivity contribution in [2.75, 3.05) is 0 Å². The summed E-state index contributed by atoms with van der Waals surface area (Å²) in [7, 11) is 0.